The number of benzene rings is 1. The summed E-state index contributed by atoms with van der Waals surface area (Å²) < 4.78 is 5.79. The van der Waals surface area contributed by atoms with Crippen molar-refractivity contribution in [3.05, 3.63) is 46.0 Å². The standard InChI is InChI=1S/C15H16O/c1-5-10(2)8-14-12(4)13-7-6-11(3)9-15(13)16-14/h5-9H,4H2,1-3H3/b10-5-,14-8+. The first-order valence-corrected chi connectivity index (χ1v) is 5.44. The predicted molar refractivity (Wildman–Crippen MR) is 69.6 cm³/mol. The molecule has 0 unspecified atom stereocenters. The molecule has 0 radical (unpaired) electrons. The summed E-state index contributed by atoms with van der Waals surface area (Å²) in [4.78, 5) is 0. The molecule has 0 N–H and O–H groups in total. The maximum atomic E-state index is 5.79. The van der Waals surface area contributed by atoms with Gasteiger partial charge in [-0.3, -0.25) is 0 Å². The van der Waals surface area contributed by atoms with Gasteiger partial charge in [0.15, 0.2) is 0 Å². The van der Waals surface area contributed by atoms with E-state index in [4.69, 9.17) is 4.42 Å². The third kappa shape index (κ3) is 1.81. The van der Waals surface area contributed by atoms with E-state index < -0.39 is 0 Å². The van der Waals surface area contributed by atoms with Crippen molar-refractivity contribution in [3.63, 3.8) is 0 Å². The van der Waals surface area contributed by atoms with Gasteiger partial charge in [-0.1, -0.05) is 30.4 Å². The highest BCUT2D eigenvalue weighted by atomic mass is 16.3. The second-order valence-corrected chi connectivity index (χ2v) is 4.12. The Hall–Kier alpha value is -1.76. The van der Waals surface area contributed by atoms with Gasteiger partial charge in [0.1, 0.15) is 11.0 Å². The Bertz CT molecular complexity index is 657. The van der Waals surface area contributed by atoms with E-state index >= 15 is 0 Å². The number of furan rings is 1. The van der Waals surface area contributed by atoms with E-state index in [0.29, 0.717) is 0 Å². The molecule has 0 saturated carbocycles. The van der Waals surface area contributed by atoms with Crippen molar-refractivity contribution in [2.24, 2.45) is 0 Å². The van der Waals surface area contributed by atoms with Crippen LogP contribution in [-0.2, 0) is 0 Å². The maximum absolute atomic E-state index is 5.79. The number of fused-ring (bicyclic) bond motifs is 1. The molecule has 0 aliphatic heterocycles. The lowest BCUT2D eigenvalue weighted by atomic mass is 10.1. The van der Waals surface area contributed by atoms with Crippen LogP contribution < -0.4 is 10.6 Å². The van der Waals surface area contributed by atoms with Crippen molar-refractivity contribution in [2.45, 2.75) is 20.8 Å². The summed E-state index contributed by atoms with van der Waals surface area (Å²) in [5.41, 5.74) is 4.16. The van der Waals surface area contributed by atoms with Crippen LogP contribution in [-0.4, -0.2) is 0 Å². The Kier molecular flexibility index (Phi) is 2.69. The molecule has 16 heavy (non-hydrogen) atoms. The Morgan fingerprint density at radius 2 is 2.12 bits per heavy atom. The zero-order chi connectivity index (χ0) is 11.7. The molecule has 0 saturated heterocycles. The van der Waals surface area contributed by atoms with Gasteiger partial charge >= 0.3 is 0 Å². The topological polar surface area (TPSA) is 13.1 Å². The van der Waals surface area contributed by atoms with E-state index in [1.807, 2.05) is 19.1 Å². The number of aryl methyl sites for hydroxylation is 1. The predicted octanol–water partition coefficient (Wildman–Crippen LogP) is 2.90. The molecule has 0 aliphatic carbocycles. The molecule has 0 fully saturated rings. The fourth-order valence-corrected chi connectivity index (χ4v) is 1.68. The van der Waals surface area contributed by atoms with Crippen molar-refractivity contribution in [1.82, 2.24) is 0 Å². The molecule has 1 heterocycles. The summed E-state index contributed by atoms with van der Waals surface area (Å²) in [6.07, 6.45) is 4.08. The van der Waals surface area contributed by atoms with E-state index in [1.165, 1.54) is 11.1 Å². The zero-order valence-electron chi connectivity index (χ0n) is 10.0. The van der Waals surface area contributed by atoms with Gasteiger partial charge in [0.2, 0.25) is 0 Å². The Morgan fingerprint density at radius 1 is 1.38 bits per heavy atom. The summed E-state index contributed by atoms with van der Waals surface area (Å²) in [6, 6.07) is 6.20. The van der Waals surface area contributed by atoms with Crippen LogP contribution in [0.15, 0.2) is 34.3 Å². The molecule has 1 nitrogen and oxygen atoms in total. The number of rotatable bonds is 1. The van der Waals surface area contributed by atoms with E-state index in [-0.39, 0.29) is 0 Å². The number of hydrogen-bond acceptors (Lipinski definition) is 1. The Balaban J connectivity index is 2.80. The van der Waals surface area contributed by atoms with Gasteiger partial charge in [-0.05, 0) is 38.5 Å². The second kappa shape index (κ2) is 4.01. The molecule has 2 aromatic rings. The Morgan fingerprint density at radius 3 is 2.81 bits per heavy atom. The van der Waals surface area contributed by atoms with E-state index in [9.17, 15) is 0 Å². The zero-order valence-corrected chi connectivity index (χ0v) is 10.0. The van der Waals surface area contributed by atoms with Crippen molar-refractivity contribution in [2.75, 3.05) is 0 Å². The highest BCUT2D eigenvalue weighted by Crippen LogP contribution is 2.10. The first kappa shape index (κ1) is 10.7. The average molecular weight is 212 g/mol. The van der Waals surface area contributed by atoms with Gasteiger partial charge in [-0.25, -0.2) is 0 Å². The minimum absolute atomic E-state index is 0.858. The molecule has 0 aliphatic rings. The van der Waals surface area contributed by atoms with Gasteiger partial charge in [0.25, 0.3) is 0 Å². The lowest BCUT2D eigenvalue weighted by Crippen LogP contribution is -2.17. The van der Waals surface area contributed by atoms with Gasteiger partial charge < -0.3 is 4.42 Å². The van der Waals surface area contributed by atoms with Crippen LogP contribution in [0.3, 0.4) is 0 Å². The van der Waals surface area contributed by atoms with Gasteiger partial charge in [-0.2, -0.15) is 0 Å². The molecule has 1 aromatic heterocycles. The summed E-state index contributed by atoms with van der Waals surface area (Å²) in [5.74, 6) is 0. The highest BCUT2D eigenvalue weighted by Gasteiger charge is 2.01. The van der Waals surface area contributed by atoms with Crippen LogP contribution in [0.4, 0.5) is 0 Å². The molecular weight excluding hydrogens is 196 g/mol. The molecule has 0 bridgehead atoms. The van der Waals surface area contributed by atoms with E-state index in [0.717, 1.165) is 21.6 Å². The van der Waals surface area contributed by atoms with Crippen molar-refractivity contribution >= 4 is 23.6 Å². The molecule has 1 aromatic carbocycles. The lowest BCUT2D eigenvalue weighted by Gasteiger charge is -1.89. The summed E-state index contributed by atoms with van der Waals surface area (Å²) in [6.45, 7) is 10.2. The summed E-state index contributed by atoms with van der Waals surface area (Å²) >= 11 is 0. The molecule has 0 spiro atoms. The monoisotopic (exact) mass is 212 g/mol. The van der Waals surface area contributed by atoms with E-state index in [2.05, 4.69) is 38.6 Å². The van der Waals surface area contributed by atoms with Crippen molar-refractivity contribution in [1.29, 1.82) is 0 Å². The minimum Gasteiger partial charge on any atom is -0.456 e. The van der Waals surface area contributed by atoms with Crippen LogP contribution >= 0.6 is 0 Å². The van der Waals surface area contributed by atoms with Crippen LogP contribution in [0.25, 0.3) is 23.6 Å². The number of allylic oxidation sites excluding steroid dienone is 2. The van der Waals surface area contributed by atoms with Crippen LogP contribution in [0.5, 0.6) is 0 Å². The van der Waals surface area contributed by atoms with Crippen LogP contribution in [0.1, 0.15) is 19.4 Å². The molecule has 0 atom stereocenters. The third-order valence-corrected chi connectivity index (χ3v) is 2.79. The largest absolute Gasteiger partial charge is 0.456 e. The van der Waals surface area contributed by atoms with Gasteiger partial charge in [-0.15, -0.1) is 0 Å². The lowest BCUT2D eigenvalue weighted by molar-refractivity contribution is 0.575. The molecular formula is C15H16O. The summed E-state index contributed by atoms with van der Waals surface area (Å²) in [7, 11) is 0. The summed E-state index contributed by atoms with van der Waals surface area (Å²) in [5, 5.41) is 2.07. The van der Waals surface area contributed by atoms with Crippen LogP contribution in [0.2, 0.25) is 0 Å². The molecule has 2 rings (SSSR count). The quantitative estimate of drug-likeness (QED) is 0.708. The maximum Gasteiger partial charge on any atom is 0.135 e. The minimum atomic E-state index is 0.858. The molecule has 0 amide bonds. The van der Waals surface area contributed by atoms with Crippen LogP contribution in [0, 0.1) is 6.92 Å². The first-order valence-electron chi connectivity index (χ1n) is 5.44. The highest BCUT2D eigenvalue weighted by molar-refractivity contribution is 5.79. The van der Waals surface area contributed by atoms with Gasteiger partial charge in [0.05, 0.1) is 0 Å². The van der Waals surface area contributed by atoms with Crippen molar-refractivity contribution < 1.29 is 4.42 Å². The SMILES string of the molecule is C=c1/c(=C\C(C)=C/C)oc2cc(C)ccc12. The first-order chi connectivity index (χ1) is 7.61. The normalized spacial score (nSPS) is 13.7. The molecule has 1 heteroatoms. The van der Waals surface area contributed by atoms with Crippen molar-refractivity contribution in [3.8, 4) is 0 Å². The smallest absolute Gasteiger partial charge is 0.135 e. The molecule has 82 valence electrons. The van der Waals surface area contributed by atoms with Gasteiger partial charge in [0, 0.05) is 10.6 Å². The van der Waals surface area contributed by atoms with E-state index in [1.54, 1.807) is 0 Å². The Labute approximate surface area is 95.4 Å². The number of hydrogen-bond donors (Lipinski definition) is 0. The fourth-order valence-electron chi connectivity index (χ4n) is 1.68. The fraction of sp³-hybridized carbons (Fsp3) is 0.200. The third-order valence-electron chi connectivity index (χ3n) is 2.79. The average Bonchev–Trinajstić information content (AvgIpc) is 2.55. The second-order valence-electron chi connectivity index (χ2n) is 4.12.